The molecular formula is C8H7FN4. The molecule has 0 radical (unpaired) electrons. The van der Waals surface area contributed by atoms with Gasteiger partial charge in [0.2, 0.25) is 0 Å². The van der Waals surface area contributed by atoms with E-state index in [1.54, 1.807) is 6.07 Å². The fourth-order valence-electron chi connectivity index (χ4n) is 1.02. The highest BCUT2D eigenvalue weighted by molar-refractivity contribution is 5.36. The molecule has 0 spiro atoms. The van der Waals surface area contributed by atoms with Gasteiger partial charge in [-0.2, -0.15) is 9.78 Å². The van der Waals surface area contributed by atoms with Gasteiger partial charge in [0, 0.05) is 12.3 Å². The molecule has 4 nitrogen and oxygen atoms in total. The molecule has 2 N–H and O–H groups in total. The predicted octanol–water partition coefficient (Wildman–Crippen LogP) is 0.989. The molecule has 0 saturated heterocycles. The van der Waals surface area contributed by atoms with Crippen molar-refractivity contribution < 1.29 is 4.39 Å². The Morgan fingerprint density at radius 2 is 2.15 bits per heavy atom. The quantitative estimate of drug-likeness (QED) is 0.708. The number of nitrogens with zero attached hydrogens (tertiary/aromatic N) is 3. The van der Waals surface area contributed by atoms with E-state index in [1.807, 2.05) is 0 Å². The van der Waals surface area contributed by atoms with Gasteiger partial charge in [-0.25, -0.2) is 9.37 Å². The molecule has 13 heavy (non-hydrogen) atoms. The molecule has 0 aromatic carbocycles. The van der Waals surface area contributed by atoms with E-state index in [9.17, 15) is 4.39 Å². The molecule has 0 saturated carbocycles. The Morgan fingerprint density at radius 1 is 1.31 bits per heavy atom. The van der Waals surface area contributed by atoms with Crippen LogP contribution in [0, 0.1) is 5.82 Å². The first-order chi connectivity index (χ1) is 6.29. The number of hydrogen-bond donors (Lipinski definition) is 1. The third-order valence-electron chi connectivity index (χ3n) is 1.61. The fourth-order valence-corrected chi connectivity index (χ4v) is 1.02. The van der Waals surface area contributed by atoms with Gasteiger partial charge in [-0.05, 0) is 12.1 Å². The molecule has 2 aromatic heterocycles. The Kier molecular flexibility index (Phi) is 1.70. The molecule has 0 aliphatic heterocycles. The molecule has 66 valence electrons. The summed E-state index contributed by atoms with van der Waals surface area (Å²) in [5, 5.41) is 3.84. The molecule has 0 unspecified atom stereocenters. The second-order valence-corrected chi connectivity index (χ2v) is 2.48. The molecule has 0 amide bonds. The van der Waals surface area contributed by atoms with Gasteiger partial charge in [0.25, 0.3) is 0 Å². The summed E-state index contributed by atoms with van der Waals surface area (Å²) in [4.78, 5) is 3.83. The summed E-state index contributed by atoms with van der Waals surface area (Å²) in [5.41, 5.74) is 5.54. The lowest BCUT2D eigenvalue weighted by Gasteiger charge is -2.02. The minimum atomic E-state index is -0.446. The largest absolute Gasteiger partial charge is 0.384 e. The predicted molar refractivity (Wildman–Crippen MR) is 45.7 cm³/mol. The summed E-state index contributed by atoms with van der Waals surface area (Å²) in [5.74, 6) is 0.0282. The molecular weight excluding hydrogens is 171 g/mol. The highest BCUT2D eigenvalue weighted by Crippen LogP contribution is 2.11. The highest BCUT2D eigenvalue weighted by atomic mass is 19.1. The zero-order valence-electron chi connectivity index (χ0n) is 6.68. The molecule has 0 aliphatic carbocycles. The van der Waals surface area contributed by atoms with Crippen molar-refractivity contribution in [1.82, 2.24) is 14.8 Å². The first kappa shape index (κ1) is 7.72. The minimum Gasteiger partial charge on any atom is -0.384 e. The van der Waals surface area contributed by atoms with Gasteiger partial charge < -0.3 is 5.73 Å². The lowest BCUT2D eigenvalue weighted by Crippen LogP contribution is -2.05. The van der Waals surface area contributed by atoms with Gasteiger partial charge in [-0.15, -0.1) is 0 Å². The molecule has 0 bridgehead atoms. The number of rotatable bonds is 1. The van der Waals surface area contributed by atoms with Crippen LogP contribution in [0.25, 0.3) is 5.82 Å². The molecule has 0 fully saturated rings. The number of hydrogen-bond acceptors (Lipinski definition) is 3. The molecule has 2 heterocycles. The second kappa shape index (κ2) is 2.85. The van der Waals surface area contributed by atoms with Crippen LogP contribution in [-0.2, 0) is 0 Å². The van der Waals surface area contributed by atoms with Crippen LogP contribution >= 0.6 is 0 Å². The van der Waals surface area contributed by atoms with Crippen LogP contribution in [0.2, 0.25) is 0 Å². The van der Waals surface area contributed by atoms with E-state index in [1.165, 1.54) is 29.2 Å². The van der Waals surface area contributed by atoms with E-state index in [0.29, 0.717) is 5.82 Å². The normalized spacial score (nSPS) is 10.2. The summed E-state index contributed by atoms with van der Waals surface area (Å²) in [7, 11) is 0. The summed E-state index contributed by atoms with van der Waals surface area (Å²) in [6, 6.07) is 4.40. The van der Waals surface area contributed by atoms with Gasteiger partial charge in [0.05, 0.1) is 6.20 Å². The van der Waals surface area contributed by atoms with Crippen LogP contribution in [-0.4, -0.2) is 14.8 Å². The van der Waals surface area contributed by atoms with Crippen LogP contribution < -0.4 is 5.73 Å². The number of halogens is 1. The summed E-state index contributed by atoms with van der Waals surface area (Å²) in [6.07, 6.45) is 2.98. The van der Waals surface area contributed by atoms with Crippen LogP contribution in [0.1, 0.15) is 0 Å². The Balaban J connectivity index is 2.59. The van der Waals surface area contributed by atoms with Gasteiger partial charge in [-0.3, -0.25) is 0 Å². The monoisotopic (exact) mass is 178 g/mol. The van der Waals surface area contributed by atoms with Crippen molar-refractivity contribution in [3.8, 4) is 5.82 Å². The van der Waals surface area contributed by atoms with Crippen molar-refractivity contribution in [1.29, 1.82) is 0 Å². The standard InChI is InChI=1S/C8H7FN4/c9-6-2-1-4-11-8(6)13-7(10)3-5-12-13/h1-5H,10H2. The Hall–Kier alpha value is -1.91. The fraction of sp³-hybridized carbons (Fsp3) is 0. The summed E-state index contributed by atoms with van der Waals surface area (Å²) < 4.78 is 14.4. The van der Waals surface area contributed by atoms with E-state index in [2.05, 4.69) is 10.1 Å². The first-order valence-electron chi connectivity index (χ1n) is 3.69. The van der Waals surface area contributed by atoms with E-state index < -0.39 is 5.82 Å². The van der Waals surface area contributed by atoms with Crippen LogP contribution in [0.3, 0.4) is 0 Å². The molecule has 5 heteroatoms. The first-order valence-corrected chi connectivity index (χ1v) is 3.69. The van der Waals surface area contributed by atoms with Crippen LogP contribution in [0.5, 0.6) is 0 Å². The minimum absolute atomic E-state index is 0.116. The van der Waals surface area contributed by atoms with Gasteiger partial charge in [0.1, 0.15) is 5.82 Å². The Bertz CT molecular complexity index is 424. The van der Waals surface area contributed by atoms with Gasteiger partial charge >= 0.3 is 0 Å². The number of nitrogen functional groups attached to an aromatic ring is 1. The van der Waals surface area contributed by atoms with Crippen LogP contribution in [0.15, 0.2) is 30.6 Å². The number of nitrogens with two attached hydrogens (primary N) is 1. The lowest BCUT2D eigenvalue weighted by molar-refractivity contribution is 0.602. The third-order valence-corrected chi connectivity index (χ3v) is 1.61. The van der Waals surface area contributed by atoms with E-state index in [-0.39, 0.29) is 5.82 Å². The Morgan fingerprint density at radius 3 is 2.77 bits per heavy atom. The third kappa shape index (κ3) is 1.24. The van der Waals surface area contributed by atoms with Crippen LogP contribution in [0.4, 0.5) is 10.2 Å². The topological polar surface area (TPSA) is 56.7 Å². The highest BCUT2D eigenvalue weighted by Gasteiger charge is 2.07. The number of aromatic nitrogens is 3. The number of anilines is 1. The maximum Gasteiger partial charge on any atom is 0.191 e. The van der Waals surface area contributed by atoms with Crippen molar-refractivity contribution in [3.63, 3.8) is 0 Å². The number of pyridine rings is 1. The second-order valence-electron chi connectivity index (χ2n) is 2.48. The van der Waals surface area contributed by atoms with E-state index in [0.717, 1.165) is 0 Å². The summed E-state index contributed by atoms with van der Waals surface area (Å²) >= 11 is 0. The average molecular weight is 178 g/mol. The van der Waals surface area contributed by atoms with Crippen molar-refractivity contribution in [2.24, 2.45) is 0 Å². The van der Waals surface area contributed by atoms with Crippen molar-refractivity contribution in [3.05, 3.63) is 36.4 Å². The SMILES string of the molecule is Nc1ccnn1-c1ncccc1F. The van der Waals surface area contributed by atoms with Crippen molar-refractivity contribution >= 4 is 5.82 Å². The van der Waals surface area contributed by atoms with Gasteiger partial charge in [-0.1, -0.05) is 0 Å². The zero-order valence-corrected chi connectivity index (χ0v) is 6.68. The maximum atomic E-state index is 13.2. The smallest absolute Gasteiger partial charge is 0.191 e. The molecule has 2 rings (SSSR count). The van der Waals surface area contributed by atoms with Crippen molar-refractivity contribution in [2.75, 3.05) is 5.73 Å². The average Bonchev–Trinajstić information content (AvgIpc) is 2.52. The Labute approximate surface area is 73.8 Å². The van der Waals surface area contributed by atoms with E-state index in [4.69, 9.17) is 5.73 Å². The maximum absolute atomic E-state index is 13.2. The summed E-state index contributed by atoms with van der Waals surface area (Å²) in [6.45, 7) is 0. The molecule has 2 aromatic rings. The lowest BCUT2D eigenvalue weighted by atomic mass is 10.4. The zero-order chi connectivity index (χ0) is 9.26. The molecule has 0 aliphatic rings. The van der Waals surface area contributed by atoms with Crippen molar-refractivity contribution in [2.45, 2.75) is 0 Å². The van der Waals surface area contributed by atoms with Gasteiger partial charge in [0.15, 0.2) is 11.6 Å². The molecule has 0 atom stereocenters. The van der Waals surface area contributed by atoms with E-state index >= 15 is 0 Å².